The minimum Gasteiger partial charge on any atom is -0.370 e. The smallest absolute Gasteiger partial charge is 0.276 e. The van der Waals surface area contributed by atoms with Crippen LogP contribution in [0.3, 0.4) is 0 Å². The van der Waals surface area contributed by atoms with E-state index in [4.69, 9.17) is 11.5 Å². The van der Waals surface area contributed by atoms with Gasteiger partial charge >= 0.3 is 0 Å². The first-order valence-corrected chi connectivity index (χ1v) is 9.94. The molecule has 1 fully saturated rings. The van der Waals surface area contributed by atoms with Gasteiger partial charge in [0.15, 0.2) is 5.96 Å². The van der Waals surface area contributed by atoms with Crippen LogP contribution in [0.2, 0.25) is 0 Å². The number of nitrogens with two attached hydrogens (primary N) is 2. The Hall–Kier alpha value is -3.69. The third kappa shape index (κ3) is 4.32. The number of amides is 1. The van der Waals surface area contributed by atoms with Crippen LogP contribution in [0.4, 0.5) is 11.8 Å². The summed E-state index contributed by atoms with van der Waals surface area (Å²) in [6.45, 7) is 2.01. The molecule has 0 radical (unpaired) electrons. The molecule has 0 spiro atoms. The molecule has 10 heteroatoms. The lowest BCUT2D eigenvalue weighted by atomic mass is 9.90. The maximum absolute atomic E-state index is 12.4. The van der Waals surface area contributed by atoms with Crippen molar-refractivity contribution in [2.24, 2.45) is 16.5 Å². The molecule has 0 bridgehead atoms. The Bertz CT molecular complexity index is 1070. The lowest BCUT2D eigenvalue weighted by Crippen LogP contribution is -2.38. The Morgan fingerprint density at radius 2 is 2.03 bits per heavy atom. The summed E-state index contributed by atoms with van der Waals surface area (Å²) in [5.41, 5.74) is 13.4. The molecule has 156 valence electrons. The molecule has 0 saturated heterocycles. The molecule has 10 nitrogen and oxygen atoms in total. The minimum atomic E-state index is -0.360. The molecule has 2 unspecified atom stereocenters. The van der Waals surface area contributed by atoms with Crippen molar-refractivity contribution >= 4 is 34.5 Å². The van der Waals surface area contributed by atoms with E-state index >= 15 is 0 Å². The summed E-state index contributed by atoms with van der Waals surface area (Å²) < 4.78 is 0. The highest BCUT2D eigenvalue weighted by molar-refractivity contribution is 6.02. The Morgan fingerprint density at radius 3 is 2.80 bits per heavy atom. The van der Waals surface area contributed by atoms with Gasteiger partial charge < -0.3 is 16.8 Å². The molecule has 30 heavy (non-hydrogen) atoms. The summed E-state index contributed by atoms with van der Waals surface area (Å²) in [5.74, 6) is 0.583. The van der Waals surface area contributed by atoms with Crippen LogP contribution in [-0.4, -0.2) is 44.1 Å². The van der Waals surface area contributed by atoms with E-state index in [2.05, 4.69) is 35.8 Å². The normalized spacial score (nSPS) is 18.7. The molecule has 2 atom stereocenters. The van der Waals surface area contributed by atoms with E-state index in [1.54, 1.807) is 6.07 Å². The van der Waals surface area contributed by atoms with Gasteiger partial charge in [-0.3, -0.25) is 15.2 Å². The van der Waals surface area contributed by atoms with Gasteiger partial charge in [0.1, 0.15) is 11.5 Å². The fourth-order valence-corrected chi connectivity index (χ4v) is 3.76. The second-order valence-electron chi connectivity index (χ2n) is 7.50. The van der Waals surface area contributed by atoms with Gasteiger partial charge in [0.05, 0.1) is 17.6 Å². The number of aromatic amines is 1. The molecule has 0 aliphatic heterocycles. The molecule has 7 N–H and O–H groups in total. The van der Waals surface area contributed by atoms with Crippen LogP contribution in [0.15, 0.2) is 35.5 Å². The number of benzene rings is 1. The number of hydrogen-bond donors (Lipinski definition) is 5. The number of hydrogen-bond acceptors (Lipinski definition) is 6. The largest absolute Gasteiger partial charge is 0.370 e. The predicted octanol–water partition coefficient (Wildman–Crippen LogP) is 1.91. The zero-order valence-corrected chi connectivity index (χ0v) is 16.7. The Labute approximate surface area is 173 Å². The average Bonchev–Trinajstić information content (AvgIpc) is 3.25. The van der Waals surface area contributed by atoms with Gasteiger partial charge in [-0.15, -0.1) is 0 Å². The Balaban J connectivity index is 1.68. The standard InChI is InChI=1S/C20H25N9O/c1-11-6-7-13-12(10-11)17(24-14-4-2-3-5-15(14)25-19(21)22)27-20(26-13)28-18(30)16-8-9-23-29-16/h6-10,14-15H,2-5H2,1H3,(H,23,29)(H4,21,22,25)(H2,24,26,27,28,30). The zero-order valence-electron chi connectivity index (χ0n) is 16.7. The molecule has 1 saturated carbocycles. The molecule has 2 heterocycles. The number of anilines is 2. The van der Waals surface area contributed by atoms with Crippen LogP contribution in [0, 0.1) is 6.92 Å². The quantitative estimate of drug-likeness (QED) is 0.319. The van der Waals surface area contributed by atoms with Gasteiger partial charge in [0, 0.05) is 11.6 Å². The van der Waals surface area contributed by atoms with E-state index in [0.29, 0.717) is 11.5 Å². The monoisotopic (exact) mass is 407 g/mol. The van der Waals surface area contributed by atoms with E-state index in [0.717, 1.165) is 42.1 Å². The van der Waals surface area contributed by atoms with Crippen molar-refractivity contribution in [3.63, 3.8) is 0 Å². The highest BCUT2D eigenvalue weighted by atomic mass is 16.2. The topological polar surface area (TPSA) is 160 Å². The molecule has 2 aromatic heterocycles. The van der Waals surface area contributed by atoms with E-state index in [-0.39, 0.29) is 29.9 Å². The fourth-order valence-electron chi connectivity index (χ4n) is 3.76. The number of aromatic nitrogens is 4. The maximum atomic E-state index is 12.4. The summed E-state index contributed by atoms with van der Waals surface area (Å²) in [6, 6.07) is 7.51. The SMILES string of the molecule is Cc1ccc2nc(NC(=O)c3ccn[nH]3)nc(NC3CCCCC3N=C(N)N)c2c1. The van der Waals surface area contributed by atoms with Crippen molar-refractivity contribution in [2.45, 2.75) is 44.7 Å². The summed E-state index contributed by atoms with van der Waals surface area (Å²) in [6.07, 6.45) is 5.50. The molecule has 1 amide bonds. The van der Waals surface area contributed by atoms with Gasteiger partial charge in [0.25, 0.3) is 5.91 Å². The molecular formula is C20H25N9O. The number of aliphatic imine (C=N–C) groups is 1. The fraction of sp³-hybridized carbons (Fsp3) is 0.350. The molecule has 3 aromatic rings. The van der Waals surface area contributed by atoms with Crippen molar-refractivity contribution in [1.29, 1.82) is 0 Å². The lowest BCUT2D eigenvalue weighted by Gasteiger charge is -2.30. The number of nitrogens with one attached hydrogen (secondary N) is 3. The summed E-state index contributed by atoms with van der Waals surface area (Å²) in [5, 5.41) is 13.6. The van der Waals surface area contributed by atoms with Crippen LogP contribution in [0.25, 0.3) is 10.9 Å². The zero-order chi connectivity index (χ0) is 21.1. The van der Waals surface area contributed by atoms with E-state index in [1.165, 1.54) is 6.20 Å². The molecule has 4 rings (SSSR count). The van der Waals surface area contributed by atoms with E-state index < -0.39 is 0 Å². The number of guanidine groups is 1. The van der Waals surface area contributed by atoms with Crippen LogP contribution in [0.1, 0.15) is 41.7 Å². The number of rotatable bonds is 5. The van der Waals surface area contributed by atoms with Crippen molar-refractivity contribution in [3.8, 4) is 0 Å². The Morgan fingerprint density at radius 1 is 1.20 bits per heavy atom. The van der Waals surface area contributed by atoms with Gasteiger partial charge in [-0.25, -0.2) is 9.98 Å². The number of carbonyl (C=O) groups is 1. The third-order valence-electron chi connectivity index (χ3n) is 5.19. The van der Waals surface area contributed by atoms with Gasteiger partial charge in [0.2, 0.25) is 5.95 Å². The van der Waals surface area contributed by atoms with Crippen LogP contribution >= 0.6 is 0 Å². The maximum Gasteiger partial charge on any atom is 0.276 e. The van der Waals surface area contributed by atoms with Crippen molar-refractivity contribution in [3.05, 3.63) is 41.7 Å². The predicted molar refractivity (Wildman–Crippen MR) is 116 cm³/mol. The van der Waals surface area contributed by atoms with Gasteiger partial charge in [-0.1, -0.05) is 24.5 Å². The highest BCUT2D eigenvalue weighted by Gasteiger charge is 2.26. The highest BCUT2D eigenvalue weighted by Crippen LogP contribution is 2.29. The van der Waals surface area contributed by atoms with Crippen LogP contribution in [0.5, 0.6) is 0 Å². The van der Waals surface area contributed by atoms with Crippen molar-refractivity contribution in [2.75, 3.05) is 10.6 Å². The van der Waals surface area contributed by atoms with Gasteiger partial charge in [-0.2, -0.15) is 10.1 Å². The summed E-state index contributed by atoms with van der Waals surface area (Å²) in [7, 11) is 0. The first kappa shape index (κ1) is 19.6. The van der Waals surface area contributed by atoms with E-state index in [1.807, 2.05) is 25.1 Å². The first-order chi connectivity index (χ1) is 14.5. The number of aryl methyl sites for hydroxylation is 1. The number of fused-ring (bicyclic) bond motifs is 1. The van der Waals surface area contributed by atoms with Crippen molar-refractivity contribution in [1.82, 2.24) is 20.2 Å². The van der Waals surface area contributed by atoms with Crippen LogP contribution in [-0.2, 0) is 0 Å². The number of H-pyrrole nitrogens is 1. The van der Waals surface area contributed by atoms with Crippen molar-refractivity contribution < 1.29 is 4.79 Å². The first-order valence-electron chi connectivity index (χ1n) is 9.94. The lowest BCUT2D eigenvalue weighted by molar-refractivity contribution is 0.102. The number of carbonyl (C=O) groups excluding carboxylic acids is 1. The molecular weight excluding hydrogens is 382 g/mol. The van der Waals surface area contributed by atoms with Crippen LogP contribution < -0.4 is 22.1 Å². The average molecular weight is 407 g/mol. The second-order valence-corrected chi connectivity index (χ2v) is 7.50. The Kier molecular flexibility index (Phi) is 5.46. The summed E-state index contributed by atoms with van der Waals surface area (Å²) in [4.78, 5) is 25.9. The molecule has 1 aliphatic carbocycles. The second kappa shape index (κ2) is 8.36. The van der Waals surface area contributed by atoms with E-state index in [9.17, 15) is 4.79 Å². The summed E-state index contributed by atoms with van der Waals surface area (Å²) >= 11 is 0. The third-order valence-corrected chi connectivity index (χ3v) is 5.19. The number of nitrogens with zero attached hydrogens (tertiary/aromatic N) is 4. The molecule has 1 aromatic carbocycles. The molecule has 1 aliphatic rings. The van der Waals surface area contributed by atoms with Gasteiger partial charge in [-0.05, 0) is 38.0 Å². The minimum absolute atomic E-state index is 0.0263.